The number of benzene rings is 2. The van der Waals surface area contributed by atoms with Gasteiger partial charge in [0.25, 0.3) is 0 Å². The second kappa shape index (κ2) is 15.3. The first-order valence-corrected chi connectivity index (χ1v) is 23.3. The molecule has 3 saturated heterocycles. The van der Waals surface area contributed by atoms with Gasteiger partial charge in [0, 0.05) is 39.1 Å². The first kappa shape index (κ1) is 38.8. The Morgan fingerprint density at radius 2 is 1.70 bits per heavy atom. The van der Waals surface area contributed by atoms with E-state index in [2.05, 4.69) is 24.0 Å². The van der Waals surface area contributed by atoms with Gasteiger partial charge in [0.05, 0.1) is 23.9 Å². The lowest BCUT2D eigenvalue weighted by atomic mass is 10.0. The fourth-order valence-electron chi connectivity index (χ4n) is 6.62. The first-order chi connectivity index (χ1) is 25.6. The Labute approximate surface area is 316 Å². The summed E-state index contributed by atoms with van der Waals surface area (Å²) in [4.78, 5) is 21.1. The second-order valence-corrected chi connectivity index (χ2v) is 23.2. The van der Waals surface area contributed by atoms with E-state index < -0.39 is 54.5 Å². The molecule has 0 bridgehead atoms. The molecule has 2 aromatic carbocycles. The third kappa shape index (κ3) is 8.38. The summed E-state index contributed by atoms with van der Waals surface area (Å²) in [6, 6.07) is 18.0. The second-order valence-electron chi connectivity index (χ2n) is 14.8. The molecule has 0 saturated carbocycles. The normalized spacial score (nSPS) is 24.7. The standard InChI is InChI=1S/C36H41ClF3N5O7SSi/c1-54(2,3)16-14-49-21-45-33-27(41-35(45)52-29-20-51-31-28(46)19-50-32(29)31)17-26(37)30(42-33)25-11-9-24(10-12-25)23-7-5-22(6-8-23)18-44-13-4-15-53(44,48)43-34(47)36(38,39)40/h5-12,17,28-29,31-32,46H,4,13-16,18-21H2,1-3H3/t28-,29-,31-,32-,53?/m1/s1. The lowest BCUT2D eigenvalue weighted by Crippen LogP contribution is -2.35. The van der Waals surface area contributed by atoms with Crippen LogP contribution in [-0.2, 0) is 42.2 Å². The van der Waals surface area contributed by atoms with Crippen LogP contribution in [-0.4, -0.2) is 105 Å². The van der Waals surface area contributed by atoms with Gasteiger partial charge in [-0.25, -0.2) is 13.5 Å². The van der Waals surface area contributed by atoms with E-state index in [-0.39, 0.29) is 44.8 Å². The number of aromatic nitrogens is 3. The first-order valence-electron chi connectivity index (χ1n) is 17.6. The van der Waals surface area contributed by atoms with Gasteiger partial charge in [-0.05, 0) is 35.2 Å². The zero-order valence-corrected chi connectivity index (χ0v) is 32.5. The van der Waals surface area contributed by atoms with Crippen molar-refractivity contribution in [2.75, 3.05) is 32.1 Å². The van der Waals surface area contributed by atoms with E-state index in [1.807, 2.05) is 48.5 Å². The Kier molecular flexibility index (Phi) is 11.0. The number of aliphatic hydroxyl groups is 1. The number of hydrogen-bond donors (Lipinski definition) is 1. The van der Waals surface area contributed by atoms with Gasteiger partial charge in [-0.15, -0.1) is 4.36 Å². The number of pyridine rings is 1. The van der Waals surface area contributed by atoms with Crippen LogP contribution in [0.1, 0.15) is 12.0 Å². The van der Waals surface area contributed by atoms with Gasteiger partial charge < -0.3 is 24.1 Å². The van der Waals surface area contributed by atoms with Crippen LogP contribution in [0.3, 0.4) is 0 Å². The Hall–Kier alpha value is -3.42. The minimum absolute atomic E-state index is 0.0905. The molecule has 5 heterocycles. The van der Waals surface area contributed by atoms with E-state index in [4.69, 9.17) is 40.5 Å². The molecule has 3 aliphatic rings. The van der Waals surface area contributed by atoms with Gasteiger partial charge in [0.2, 0.25) is 0 Å². The number of ether oxygens (including phenoxy) is 4. The predicted molar refractivity (Wildman–Crippen MR) is 199 cm³/mol. The molecule has 3 fully saturated rings. The lowest BCUT2D eigenvalue weighted by Gasteiger charge is -2.19. The fraction of sp³-hybridized carbons (Fsp3) is 0.472. The van der Waals surface area contributed by atoms with Crippen molar-refractivity contribution in [3.8, 4) is 28.4 Å². The molecule has 7 rings (SSSR count). The number of nitrogens with zero attached hydrogens (tertiary/aromatic N) is 5. The fourth-order valence-corrected chi connectivity index (χ4v) is 9.73. The van der Waals surface area contributed by atoms with Crippen LogP contribution < -0.4 is 4.74 Å². The zero-order chi connectivity index (χ0) is 38.4. The van der Waals surface area contributed by atoms with Crippen LogP contribution in [0.2, 0.25) is 30.7 Å². The SMILES string of the molecule is C[Si](C)(C)CCOCn1c(O[C@@H]2CO[C@H]3[C@@H]2OC[C@H]3O)nc2cc(Cl)c(-c3ccc(-c4ccc(CN5CCCS5(=O)=NC(=O)C(F)(F)F)cc4)cc3)nc21. The van der Waals surface area contributed by atoms with Crippen molar-refractivity contribution >= 4 is 46.7 Å². The molecule has 3 aliphatic heterocycles. The monoisotopic (exact) mass is 807 g/mol. The number of aliphatic hydroxyl groups excluding tert-OH is 1. The number of alkyl halides is 3. The number of fused-ring (bicyclic) bond motifs is 2. The quantitative estimate of drug-likeness (QED) is 0.137. The molecule has 18 heteroatoms. The van der Waals surface area contributed by atoms with Crippen molar-refractivity contribution in [3.63, 3.8) is 0 Å². The maximum absolute atomic E-state index is 13.1. The lowest BCUT2D eigenvalue weighted by molar-refractivity contribution is -0.169. The molecule has 290 valence electrons. The van der Waals surface area contributed by atoms with Crippen LogP contribution in [0.5, 0.6) is 6.01 Å². The predicted octanol–water partition coefficient (Wildman–Crippen LogP) is 6.31. The van der Waals surface area contributed by atoms with Crippen molar-refractivity contribution in [3.05, 3.63) is 65.2 Å². The van der Waals surface area contributed by atoms with E-state index in [0.717, 1.165) is 28.3 Å². The molecule has 12 nitrogen and oxygen atoms in total. The van der Waals surface area contributed by atoms with E-state index >= 15 is 0 Å². The Balaban J connectivity index is 1.10. The molecule has 1 amide bonds. The average Bonchev–Trinajstić information content (AvgIpc) is 3.87. The summed E-state index contributed by atoms with van der Waals surface area (Å²) < 4.78 is 81.8. The van der Waals surface area contributed by atoms with Crippen LogP contribution in [0.4, 0.5) is 13.2 Å². The minimum atomic E-state index is -5.17. The number of halogens is 4. The minimum Gasteiger partial charge on any atom is -0.456 e. The van der Waals surface area contributed by atoms with Crippen LogP contribution in [0, 0.1) is 0 Å². The van der Waals surface area contributed by atoms with E-state index in [9.17, 15) is 27.3 Å². The summed E-state index contributed by atoms with van der Waals surface area (Å²) in [5.74, 6) is -2.41. The van der Waals surface area contributed by atoms with Crippen LogP contribution >= 0.6 is 11.6 Å². The molecule has 0 spiro atoms. The van der Waals surface area contributed by atoms with Crippen LogP contribution in [0.25, 0.3) is 33.5 Å². The summed E-state index contributed by atoms with van der Waals surface area (Å²) in [7, 11) is -4.82. The van der Waals surface area contributed by atoms with Gasteiger partial charge in [0.15, 0.2) is 11.8 Å². The smallest absolute Gasteiger partial charge is 0.456 e. The largest absolute Gasteiger partial charge is 0.474 e. The average molecular weight is 808 g/mol. The third-order valence-electron chi connectivity index (χ3n) is 9.59. The molecular formula is C36H41ClF3N5O7SSi. The van der Waals surface area contributed by atoms with Gasteiger partial charge in [0.1, 0.15) is 40.5 Å². The molecule has 1 N–H and O–H groups in total. The summed E-state index contributed by atoms with van der Waals surface area (Å²) in [6.07, 6.45) is -6.86. The van der Waals surface area contributed by atoms with Crippen molar-refractivity contribution in [1.82, 2.24) is 18.8 Å². The van der Waals surface area contributed by atoms with Gasteiger partial charge >= 0.3 is 18.1 Å². The van der Waals surface area contributed by atoms with E-state index in [1.165, 1.54) is 4.31 Å². The molecular weight excluding hydrogens is 767 g/mol. The molecule has 2 aromatic heterocycles. The van der Waals surface area contributed by atoms with Crippen molar-refractivity contribution in [2.45, 2.75) is 76.0 Å². The maximum Gasteiger partial charge on any atom is 0.474 e. The summed E-state index contributed by atoms with van der Waals surface area (Å²) in [5.41, 5.74) is 4.85. The summed E-state index contributed by atoms with van der Waals surface area (Å²) >= 11 is 6.80. The number of imidazole rings is 1. The van der Waals surface area contributed by atoms with Crippen molar-refractivity contribution in [1.29, 1.82) is 0 Å². The highest BCUT2D eigenvalue weighted by atomic mass is 35.5. The van der Waals surface area contributed by atoms with Crippen molar-refractivity contribution < 1.29 is 46.2 Å². The van der Waals surface area contributed by atoms with Crippen molar-refractivity contribution in [2.24, 2.45) is 4.36 Å². The number of hydrogen-bond acceptors (Lipinski definition) is 9. The highest BCUT2D eigenvalue weighted by molar-refractivity contribution is 7.91. The zero-order valence-electron chi connectivity index (χ0n) is 29.9. The van der Waals surface area contributed by atoms with Gasteiger partial charge in [-0.2, -0.15) is 18.2 Å². The molecule has 0 radical (unpaired) electrons. The number of amides is 1. The highest BCUT2D eigenvalue weighted by Crippen LogP contribution is 2.35. The molecule has 1 unspecified atom stereocenters. The van der Waals surface area contributed by atoms with Gasteiger partial charge in [-0.1, -0.05) is 79.8 Å². The Bertz CT molecular complexity index is 2140. The summed E-state index contributed by atoms with van der Waals surface area (Å²) in [5, 5.41) is 10.6. The third-order valence-corrected chi connectivity index (χ3v) is 14.0. The number of rotatable bonds is 11. The van der Waals surface area contributed by atoms with E-state index in [0.29, 0.717) is 34.9 Å². The van der Waals surface area contributed by atoms with Crippen LogP contribution in [0.15, 0.2) is 59.0 Å². The topological polar surface area (TPSA) is 138 Å². The number of carbonyl (C=O) groups is 1. The molecule has 54 heavy (non-hydrogen) atoms. The Morgan fingerprint density at radius 1 is 1.04 bits per heavy atom. The summed E-state index contributed by atoms with van der Waals surface area (Å²) in [6.45, 7) is 8.36. The molecule has 4 aromatic rings. The molecule has 5 atom stereocenters. The van der Waals surface area contributed by atoms with Gasteiger partial charge in [-0.3, -0.25) is 9.36 Å². The maximum atomic E-state index is 13.1. The molecule has 0 aliphatic carbocycles. The Morgan fingerprint density at radius 3 is 2.39 bits per heavy atom. The number of carbonyl (C=O) groups excluding carboxylic acids is 1. The van der Waals surface area contributed by atoms with E-state index in [1.54, 1.807) is 10.6 Å². The highest BCUT2D eigenvalue weighted by Gasteiger charge is 2.49.